The van der Waals surface area contributed by atoms with E-state index in [1.54, 1.807) is 42.5 Å². The van der Waals surface area contributed by atoms with Crippen molar-refractivity contribution in [2.24, 2.45) is 4.40 Å². The van der Waals surface area contributed by atoms with Crippen LogP contribution in [-0.2, 0) is 10.0 Å². The van der Waals surface area contributed by atoms with Gasteiger partial charge in [0.2, 0.25) is 0 Å². The molecular weight excluding hydrogens is 234 g/mol. The van der Waals surface area contributed by atoms with Crippen LogP contribution in [0, 0.1) is 0 Å². The van der Waals surface area contributed by atoms with Crippen molar-refractivity contribution in [3.8, 4) is 0 Å². The van der Waals surface area contributed by atoms with Gasteiger partial charge in [-0.1, -0.05) is 42.5 Å². The van der Waals surface area contributed by atoms with Gasteiger partial charge in [-0.2, -0.15) is 12.8 Å². The molecule has 0 atom stereocenters. The lowest BCUT2D eigenvalue weighted by atomic mass is 10.4. The van der Waals surface area contributed by atoms with E-state index in [1.807, 2.05) is 12.1 Å². The van der Waals surface area contributed by atoms with Crippen LogP contribution >= 0.6 is 0 Å². The molecule has 0 bridgehead atoms. The zero-order valence-corrected chi connectivity index (χ0v) is 9.84. The summed E-state index contributed by atoms with van der Waals surface area (Å²) in [5.41, 5.74) is 0. The van der Waals surface area contributed by atoms with Gasteiger partial charge in [0.15, 0.2) is 0 Å². The molecule has 0 saturated heterocycles. The third-order valence-corrected chi connectivity index (χ3v) is 3.45. The van der Waals surface area contributed by atoms with E-state index in [4.69, 9.17) is 0 Å². The van der Waals surface area contributed by atoms with Crippen molar-refractivity contribution in [2.75, 3.05) is 0 Å². The molecule has 2 rings (SSSR count). The van der Waals surface area contributed by atoms with E-state index in [-0.39, 0.29) is 4.90 Å². The Balaban J connectivity index is 2.54. The topological polar surface area (TPSA) is 46.5 Å². The fourth-order valence-electron chi connectivity index (χ4n) is 1.34. The highest BCUT2D eigenvalue weighted by Gasteiger charge is 2.09. The van der Waals surface area contributed by atoms with E-state index in [0.717, 1.165) is 0 Å². The van der Waals surface area contributed by atoms with Crippen LogP contribution in [0.1, 0.15) is 0 Å². The van der Waals surface area contributed by atoms with Crippen LogP contribution in [0.25, 0.3) is 0 Å². The third-order valence-electron chi connectivity index (χ3n) is 2.13. The largest absolute Gasteiger partial charge is 0.282 e. The van der Waals surface area contributed by atoms with Crippen LogP contribution in [0.3, 0.4) is 0 Å². The average Bonchev–Trinajstić information content (AvgIpc) is 2.58. The van der Waals surface area contributed by atoms with E-state index in [9.17, 15) is 8.42 Å². The first-order valence-electron chi connectivity index (χ1n) is 5.10. The Hall–Kier alpha value is -1.94. The summed E-state index contributed by atoms with van der Waals surface area (Å²) in [6.07, 6.45) is 0. The van der Waals surface area contributed by atoms with Crippen molar-refractivity contribution in [3.63, 3.8) is 0 Å². The normalized spacial score (nSPS) is 10.8. The Morgan fingerprint density at radius 2 is 1.18 bits per heavy atom. The molecule has 4 heteroatoms. The maximum atomic E-state index is 11.9. The molecule has 0 fully saturated rings. The molecule has 0 aromatic heterocycles. The molecule has 17 heavy (non-hydrogen) atoms. The van der Waals surface area contributed by atoms with Crippen molar-refractivity contribution >= 4 is 10.0 Å². The first kappa shape index (κ1) is 11.5. The van der Waals surface area contributed by atoms with E-state index in [0.29, 0.717) is 5.36 Å². The monoisotopic (exact) mass is 245 g/mol. The first-order valence-corrected chi connectivity index (χ1v) is 6.54. The Kier molecular flexibility index (Phi) is 3.35. The van der Waals surface area contributed by atoms with Gasteiger partial charge in [0.1, 0.15) is 0 Å². The van der Waals surface area contributed by atoms with Crippen molar-refractivity contribution < 1.29 is 8.42 Å². The summed E-state index contributed by atoms with van der Waals surface area (Å²) < 4.78 is 27.6. The van der Waals surface area contributed by atoms with Crippen molar-refractivity contribution in [3.05, 3.63) is 72.1 Å². The van der Waals surface area contributed by atoms with Gasteiger partial charge in [-0.25, -0.2) is 0 Å². The molecule has 0 unspecified atom stereocenters. The molecule has 0 spiro atoms. The van der Waals surface area contributed by atoms with Crippen LogP contribution in [0.15, 0.2) is 76.0 Å². The van der Waals surface area contributed by atoms with Gasteiger partial charge >= 0.3 is 0 Å². The molecule has 3 nitrogen and oxygen atoms in total. The molecule has 0 amide bonds. The molecule has 2 aromatic rings. The maximum Gasteiger partial charge on any atom is 0.282 e. The van der Waals surface area contributed by atoms with E-state index in [1.165, 1.54) is 12.1 Å². The lowest BCUT2D eigenvalue weighted by Crippen LogP contribution is -2.05. The number of hydrogen-bond acceptors (Lipinski definition) is 2. The van der Waals surface area contributed by atoms with Crippen molar-refractivity contribution in [1.29, 1.82) is 0 Å². The summed E-state index contributed by atoms with van der Waals surface area (Å²) in [4.78, 5) is 0.200. The minimum atomic E-state index is -3.62. The lowest BCUT2D eigenvalue weighted by molar-refractivity contribution is 0.597. The SMILES string of the molecule is O=S(=O)(N=c1cccccc1)c1ccccc1. The standard InChI is InChI=1S/C13H11NO2S/c15-17(16,13-10-6-3-7-11-13)14-12-8-4-1-2-5-9-12/h1-11H. The second-order valence-corrected chi connectivity index (χ2v) is 5.01. The Morgan fingerprint density at radius 3 is 1.76 bits per heavy atom. The lowest BCUT2D eigenvalue weighted by Gasteiger charge is -1.96. The molecule has 0 N–H and O–H groups in total. The van der Waals surface area contributed by atoms with Gasteiger partial charge in [0.25, 0.3) is 10.0 Å². The molecular formula is C13H11NO2S. The highest BCUT2D eigenvalue weighted by Crippen LogP contribution is 2.09. The zero-order chi connectivity index (χ0) is 12.1. The van der Waals surface area contributed by atoms with Gasteiger partial charge in [-0.3, -0.25) is 0 Å². The Bertz CT molecular complexity index is 642. The predicted molar refractivity (Wildman–Crippen MR) is 65.6 cm³/mol. The summed E-state index contributed by atoms with van der Waals surface area (Å²) in [5, 5.41) is 0.416. The molecule has 86 valence electrons. The van der Waals surface area contributed by atoms with E-state index < -0.39 is 10.0 Å². The summed E-state index contributed by atoms with van der Waals surface area (Å²) in [7, 11) is -3.62. The van der Waals surface area contributed by atoms with Crippen LogP contribution < -0.4 is 5.36 Å². The van der Waals surface area contributed by atoms with Crippen LogP contribution in [-0.4, -0.2) is 8.42 Å². The van der Waals surface area contributed by atoms with Crippen molar-refractivity contribution in [1.82, 2.24) is 0 Å². The molecule has 2 aromatic carbocycles. The van der Waals surface area contributed by atoms with Crippen LogP contribution in [0.4, 0.5) is 0 Å². The number of nitrogens with zero attached hydrogens (tertiary/aromatic N) is 1. The minimum Gasteiger partial charge on any atom is -0.199 e. The second-order valence-electron chi connectivity index (χ2n) is 3.41. The number of benzene rings is 1. The predicted octanol–water partition coefficient (Wildman–Crippen LogP) is 1.98. The molecule has 0 aliphatic heterocycles. The molecule has 0 aliphatic rings. The fourth-order valence-corrected chi connectivity index (χ4v) is 2.34. The molecule has 0 aliphatic carbocycles. The van der Waals surface area contributed by atoms with E-state index >= 15 is 0 Å². The summed E-state index contributed by atoms with van der Waals surface area (Å²) >= 11 is 0. The third kappa shape index (κ3) is 3.01. The van der Waals surface area contributed by atoms with Gasteiger partial charge in [0, 0.05) is 0 Å². The van der Waals surface area contributed by atoms with Gasteiger partial charge in [-0.05, 0) is 24.3 Å². The average molecular weight is 245 g/mol. The van der Waals surface area contributed by atoms with Crippen LogP contribution in [0.2, 0.25) is 0 Å². The van der Waals surface area contributed by atoms with Gasteiger partial charge in [-0.15, -0.1) is 0 Å². The molecule has 0 heterocycles. The number of sulfonamides is 1. The number of hydrogen-bond donors (Lipinski definition) is 0. The Morgan fingerprint density at radius 1 is 0.706 bits per heavy atom. The first-order chi connectivity index (χ1) is 8.18. The highest BCUT2D eigenvalue weighted by molar-refractivity contribution is 7.90. The molecule has 0 saturated carbocycles. The summed E-state index contributed by atoms with van der Waals surface area (Å²) in [6, 6.07) is 18.6. The zero-order valence-electron chi connectivity index (χ0n) is 9.02. The quantitative estimate of drug-likeness (QED) is 0.812. The maximum absolute atomic E-state index is 11.9. The van der Waals surface area contributed by atoms with E-state index in [2.05, 4.69) is 4.40 Å². The van der Waals surface area contributed by atoms with Gasteiger partial charge in [0.05, 0.1) is 10.3 Å². The van der Waals surface area contributed by atoms with Crippen LogP contribution in [0.5, 0.6) is 0 Å². The summed E-state index contributed by atoms with van der Waals surface area (Å²) in [6.45, 7) is 0. The van der Waals surface area contributed by atoms with Gasteiger partial charge < -0.3 is 0 Å². The summed E-state index contributed by atoms with van der Waals surface area (Å²) in [5.74, 6) is 0. The van der Waals surface area contributed by atoms with Crippen molar-refractivity contribution in [2.45, 2.75) is 4.90 Å². The highest BCUT2D eigenvalue weighted by atomic mass is 32.2. The fraction of sp³-hybridized carbons (Fsp3) is 0. The minimum absolute atomic E-state index is 0.200. The second kappa shape index (κ2) is 4.93. The number of rotatable bonds is 2. The molecule has 0 radical (unpaired) electrons. The Labute approximate surface area is 100 Å². The smallest absolute Gasteiger partial charge is 0.199 e.